The maximum Gasteiger partial charge on any atom is 0.202 e. The van der Waals surface area contributed by atoms with E-state index in [4.69, 9.17) is 0 Å². The number of aliphatic hydroxyl groups is 3. The summed E-state index contributed by atoms with van der Waals surface area (Å²) < 4.78 is 0. The van der Waals surface area contributed by atoms with Crippen molar-refractivity contribution in [3.63, 3.8) is 0 Å². The van der Waals surface area contributed by atoms with Crippen LogP contribution in [0.25, 0.3) is 5.76 Å². The molecule has 0 spiro atoms. The number of benzene rings is 1. The van der Waals surface area contributed by atoms with Crippen molar-refractivity contribution < 1.29 is 34.8 Å². The van der Waals surface area contributed by atoms with Crippen LogP contribution in [0, 0.1) is 23.7 Å². The van der Waals surface area contributed by atoms with Gasteiger partial charge < -0.3 is 25.7 Å². The first kappa shape index (κ1) is 25.0. The number of hydrogen-bond acceptors (Lipinski definition) is 8. The van der Waals surface area contributed by atoms with E-state index >= 15 is 0 Å². The number of aromatic hydroxyl groups is 1. The zero-order valence-electron chi connectivity index (χ0n) is 20.7. The summed E-state index contributed by atoms with van der Waals surface area (Å²) in [5.74, 6) is -6.50. The molecule has 3 aliphatic rings. The van der Waals surface area contributed by atoms with Crippen molar-refractivity contribution in [1.29, 1.82) is 0 Å². The average Bonchev–Trinajstić information content (AvgIpc) is 2.77. The standard InChI is InChI=1S/C27H33NO7/c1-6-12(4)28-17-7-8-18(30)22-15(17)9-14-10-16-19(11(2)3)23(31)20(13(5)29)25(33)27(16,35)26(34)21(14)24(22)32/h7-8,11-12,14,16,19,28,30,32-33,35H,6,9-10H2,1-5H3/t12?,14-,16-,19?,27+/m1/s1. The number of rotatable bonds is 5. The lowest BCUT2D eigenvalue weighted by molar-refractivity contribution is -0.155. The Morgan fingerprint density at radius 3 is 2.40 bits per heavy atom. The molecular formula is C27H33NO7. The Morgan fingerprint density at radius 1 is 1.17 bits per heavy atom. The van der Waals surface area contributed by atoms with Gasteiger partial charge >= 0.3 is 0 Å². The zero-order valence-corrected chi connectivity index (χ0v) is 20.7. The number of carbonyl (C=O) groups excluding carboxylic acids is 3. The maximum atomic E-state index is 13.8. The van der Waals surface area contributed by atoms with E-state index in [1.807, 2.05) is 13.8 Å². The maximum absolute atomic E-state index is 13.8. The molecule has 8 nitrogen and oxygen atoms in total. The molecule has 2 unspecified atom stereocenters. The lowest BCUT2D eigenvalue weighted by Crippen LogP contribution is -2.61. The fourth-order valence-electron chi connectivity index (χ4n) is 6.09. The number of anilines is 1. The number of carbonyl (C=O) groups is 3. The molecule has 1 aromatic carbocycles. The SMILES string of the molecule is CCC(C)Nc1ccc(O)c2c1C[C@@H]1C[C@@H]3C(C(C)C)C(=O)C(C(C)=O)=C(O)[C@]3(O)C(=O)C1=C2O. The molecule has 1 saturated carbocycles. The minimum Gasteiger partial charge on any atom is -0.508 e. The summed E-state index contributed by atoms with van der Waals surface area (Å²) in [7, 11) is 0. The monoisotopic (exact) mass is 483 g/mol. The van der Waals surface area contributed by atoms with Crippen molar-refractivity contribution in [2.45, 2.75) is 65.5 Å². The smallest absolute Gasteiger partial charge is 0.202 e. The second-order valence-corrected chi connectivity index (χ2v) is 10.5. The third kappa shape index (κ3) is 3.49. The number of fused-ring (bicyclic) bond motifs is 3. The largest absolute Gasteiger partial charge is 0.508 e. The van der Waals surface area contributed by atoms with Crippen molar-refractivity contribution >= 4 is 28.8 Å². The van der Waals surface area contributed by atoms with Gasteiger partial charge in [0.15, 0.2) is 17.2 Å². The van der Waals surface area contributed by atoms with Gasteiger partial charge in [-0.15, -0.1) is 0 Å². The van der Waals surface area contributed by atoms with Crippen LogP contribution in [-0.4, -0.2) is 49.4 Å². The van der Waals surface area contributed by atoms with Crippen molar-refractivity contribution in [2.75, 3.05) is 5.32 Å². The van der Waals surface area contributed by atoms with Crippen LogP contribution in [0.4, 0.5) is 5.69 Å². The summed E-state index contributed by atoms with van der Waals surface area (Å²) in [4.78, 5) is 39.3. The van der Waals surface area contributed by atoms with E-state index in [1.165, 1.54) is 6.07 Å². The minimum atomic E-state index is -2.51. The fourth-order valence-corrected chi connectivity index (χ4v) is 6.09. The van der Waals surface area contributed by atoms with Gasteiger partial charge in [0.2, 0.25) is 5.78 Å². The molecule has 188 valence electrons. The number of hydrogen-bond donors (Lipinski definition) is 5. The number of aliphatic hydroxyl groups excluding tert-OH is 2. The lowest BCUT2D eigenvalue weighted by atomic mass is 9.54. The molecule has 35 heavy (non-hydrogen) atoms. The minimum absolute atomic E-state index is 0.0986. The van der Waals surface area contributed by atoms with Gasteiger partial charge in [0.1, 0.15) is 22.8 Å². The van der Waals surface area contributed by atoms with E-state index in [0.717, 1.165) is 19.0 Å². The number of phenols is 1. The summed E-state index contributed by atoms with van der Waals surface area (Å²) in [6.45, 7) is 8.70. The molecule has 1 fully saturated rings. The third-order valence-corrected chi connectivity index (χ3v) is 7.97. The van der Waals surface area contributed by atoms with E-state index in [1.54, 1.807) is 19.9 Å². The summed E-state index contributed by atoms with van der Waals surface area (Å²) >= 11 is 0. The number of Topliss-reactive ketones (excluding diaryl/α,β-unsaturated/α-hetero) is 3. The molecule has 0 amide bonds. The van der Waals surface area contributed by atoms with Crippen LogP contribution in [0.2, 0.25) is 0 Å². The lowest BCUT2D eigenvalue weighted by Gasteiger charge is -2.50. The Hall–Kier alpha value is -3.13. The van der Waals surface area contributed by atoms with E-state index in [9.17, 15) is 34.8 Å². The number of allylic oxidation sites excluding steroid dienone is 1. The highest BCUT2D eigenvalue weighted by Gasteiger charge is 2.63. The third-order valence-electron chi connectivity index (χ3n) is 7.97. The highest BCUT2D eigenvalue weighted by Crippen LogP contribution is 2.55. The number of phenolic OH excluding ortho intramolecular Hbond substituents is 1. The van der Waals surface area contributed by atoms with Crippen molar-refractivity contribution in [3.8, 4) is 5.75 Å². The molecule has 3 aliphatic carbocycles. The van der Waals surface area contributed by atoms with Crippen LogP contribution < -0.4 is 5.32 Å². The molecule has 0 heterocycles. The molecule has 8 heteroatoms. The van der Waals surface area contributed by atoms with E-state index in [2.05, 4.69) is 5.32 Å². The quantitative estimate of drug-likeness (QED) is 0.315. The van der Waals surface area contributed by atoms with Crippen molar-refractivity contribution in [3.05, 3.63) is 40.2 Å². The summed E-state index contributed by atoms with van der Waals surface area (Å²) in [6.07, 6.45) is 1.29. The second kappa shape index (κ2) is 8.52. The van der Waals surface area contributed by atoms with Gasteiger partial charge in [0.05, 0.1) is 5.56 Å². The van der Waals surface area contributed by atoms with E-state index in [-0.39, 0.29) is 35.3 Å². The van der Waals surface area contributed by atoms with Gasteiger partial charge in [0.25, 0.3) is 0 Å². The van der Waals surface area contributed by atoms with Crippen LogP contribution in [-0.2, 0) is 20.8 Å². The van der Waals surface area contributed by atoms with Crippen molar-refractivity contribution in [2.24, 2.45) is 23.7 Å². The zero-order chi connectivity index (χ0) is 26.0. The van der Waals surface area contributed by atoms with E-state index < -0.39 is 57.8 Å². The molecule has 5 atom stereocenters. The number of ketones is 3. The Balaban J connectivity index is 1.94. The first-order valence-corrected chi connectivity index (χ1v) is 12.2. The summed E-state index contributed by atoms with van der Waals surface area (Å²) in [5.41, 5.74) is -1.67. The van der Waals surface area contributed by atoms with Gasteiger partial charge in [-0.05, 0) is 62.6 Å². The van der Waals surface area contributed by atoms with Gasteiger partial charge in [-0.3, -0.25) is 14.4 Å². The molecule has 0 saturated heterocycles. The molecule has 0 aliphatic heterocycles. The predicted molar refractivity (Wildman–Crippen MR) is 130 cm³/mol. The highest BCUT2D eigenvalue weighted by molar-refractivity contribution is 6.24. The molecule has 0 radical (unpaired) electrons. The second-order valence-electron chi connectivity index (χ2n) is 10.5. The van der Waals surface area contributed by atoms with Crippen molar-refractivity contribution in [1.82, 2.24) is 0 Å². The Kier molecular flexibility index (Phi) is 6.08. The first-order valence-electron chi connectivity index (χ1n) is 12.2. The Morgan fingerprint density at radius 2 is 1.83 bits per heavy atom. The van der Waals surface area contributed by atoms with Gasteiger partial charge in [-0.25, -0.2) is 0 Å². The number of nitrogens with one attached hydrogen (secondary N) is 1. The van der Waals surface area contributed by atoms with E-state index in [0.29, 0.717) is 12.0 Å². The average molecular weight is 484 g/mol. The normalized spacial score (nSPS) is 29.1. The molecule has 0 aromatic heterocycles. The molecule has 1 aromatic rings. The predicted octanol–water partition coefficient (Wildman–Crippen LogP) is 3.62. The molecule has 0 bridgehead atoms. The Labute approximate surface area is 204 Å². The van der Waals surface area contributed by atoms with Crippen LogP contribution >= 0.6 is 0 Å². The topological polar surface area (TPSA) is 144 Å². The highest BCUT2D eigenvalue weighted by atomic mass is 16.3. The van der Waals surface area contributed by atoms with Gasteiger partial charge in [-0.1, -0.05) is 20.8 Å². The summed E-state index contributed by atoms with van der Waals surface area (Å²) in [6, 6.07) is 3.29. The van der Waals surface area contributed by atoms with Crippen LogP contribution in [0.1, 0.15) is 58.6 Å². The fraction of sp³-hybridized carbons (Fsp3) is 0.519. The van der Waals surface area contributed by atoms with Crippen LogP contribution in [0.15, 0.2) is 29.0 Å². The van der Waals surface area contributed by atoms with Crippen LogP contribution in [0.5, 0.6) is 5.75 Å². The van der Waals surface area contributed by atoms with Crippen LogP contribution in [0.3, 0.4) is 0 Å². The molecular weight excluding hydrogens is 450 g/mol. The summed E-state index contributed by atoms with van der Waals surface area (Å²) in [5, 5.41) is 47.8. The van der Waals surface area contributed by atoms with Gasteiger partial charge in [0, 0.05) is 29.1 Å². The first-order chi connectivity index (χ1) is 16.4. The molecule has 5 N–H and O–H groups in total. The molecule has 4 rings (SSSR count). The van der Waals surface area contributed by atoms with Gasteiger partial charge in [-0.2, -0.15) is 0 Å². The Bertz CT molecular complexity index is 1190.